The van der Waals surface area contributed by atoms with E-state index in [9.17, 15) is 19.2 Å². The number of carbonyl (C=O) groups excluding carboxylic acids is 4. The molecule has 7 heterocycles. The Balaban J connectivity index is 0.781. The Kier molecular flexibility index (Phi) is 7.63. The Labute approximate surface area is 276 Å². The number of anilines is 4. The molecule has 0 radical (unpaired) electrons. The van der Waals surface area contributed by atoms with Gasteiger partial charge < -0.3 is 20.0 Å². The molecular formula is C33H37N9O4S. The van der Waals surface area contributed by atoms with Crippen molar-refractivity contribution in [2.24, 2.45) is 0 Å². The molecule has 0 aliphatic carbocycles. The van der Waals surface area contributed by atoms with Gasteiger partial charge in [-0.2, -0.15) is 0 Å². The topological polar surface area (TPSA) is 144 Å². The summed E-state index contributed by atoms with van der Waals surface area (Å²) in [5.41, 5.74) is 2.07. The van der Waals surface area contributed by atoms with Crippen LogP contribution in [0.25, 0.3) is 0 Å². The minimum atomic E-state index is -0.274. The second kappa shape index (κ2) is 12.0. The molecule has 8 rings (SSSR count). The number of carbonyl (C=O) groups is 4. The number of aromatic nitrogens is 3. The number of hydrogen-bond donors (Lipinski definition) is 2. The lowest BCUT2D eigenvalue weighted by Gasteiger charge is -2.62. The number of nitrogens with zero attached hydrogens (tertiary/aromatic N) is 7. The first-order chi connectivity index (χ1) is 22.8. The monoisotopic (exact) mass is 655 g/mol. The molecule has 2 N–H and O–H groups in total. The number of nitrogens with one attached hydrogen (secondary N) is 2. The van der Waals surface area contributed by atoms with Crippen molar-refractivity contribution in [1.29, 1.82) is 0 Å². The molecule has 5 fully saturated rings. The molecule has 47 heavy (non-hydrogen) atoms. The summed E-state index contributed by atoms with van der Waals surface area (Å²) in [4.78, 5) is 71.2. The first kappa shape index (κ1) is 29.9. The third-order valence-electron chi connectivity index (χ3n) is 10.4. The maximum absolute atomic E-state index is 13.2. The zero-order valence-electron chi connectivity index (χ0n) is 26.2. The Morgan fingerprint density at radius 2 is 1.91 bits per heavy atom. The number of piperazine rings is 2. The zero-order chi connectivity index (χ0) is 32.2. The molecule has 0 spiro atoms. The van der Waals surface area contributed by atoms with E-state index in [2.05, 4.69) is 57.3 Å². The Bertz CT molecular complexity index is 1730. The van der Waals surface area contributed by atoms with Gasteiger partial charge in [-0.05, 0) is 50.4 Å². The number of fused-ring (bicyclic) bond motifs is 3. The van der Waals surface area contributed by atoms with Crippen molar-refractivity contribution >= 4 is 57.8 Å². The maximum atomic E-state index is 13.2. The molecule has 5 atom stereocenters. The summed E-state index contributed by atoms with van der Waals surface area (Å²) in [5, 5.41) is 6.26. The predicted molar refractivity (Wildman–Crippen MR) is 176 cm³/mol. The molecule has 3 amide bonds. The van der Waals surface area contributed by atoms with Crippen LogP contribution in [0, 0.1) is 6.92 Å². The quantitative estimate of drug-likeness (QED) is 0.246. The molecule has 5 saturated heterocycles. The van der Waals surface area contributed by atoms with Gasteiger partial charge >= 0.3 is 0 Å². The highest BCUT2D eigenvalue weighted by Crippen LogP contribution is 2.39. The van der Waals surface area contributed by atoms with Gasteiger partial charge in [0.2, 0.25) is 17.7 Å². The van der Waals surface area contributed by atoms with Crippen LogP contribution in [0.15, 0.2) is 36.5 Å². The second-order valence-electron chi connectivity index (χ2n) is 13.2. The highest BCUT2D eigenvalue weighted by Gasteiger charge is 2.52. The summed E-state index contributed by atoms with van der Waals surface area (Å²) in [6, 6.07) is 11.6. The number of likely N-dealkylation sites (tertiary alicyclic amines) is 2. The van der Waals surface area contributed by atoms with Crippen LogP contribution in [0.5, 0.6) is 0 Å². The Morgan fingerprint density at radius 1 is 1.06 bits per heavy atom. The van der Waals surface area contributed by atoms with Crippen LogP contribution in [0.3, 0.4) is 0 Å². The fourth-order valence-electron chi connectivity index (χ4n) is 7.91. The van der Waals surface area contributed by atoms with Gasteiger partial charge in [0.05, 0.1) is 29.1 Å². The minimum absolute atomic E-state index is 0.197. The molecule has 0 saturated carbocycles. The lowest BCUT2D eigenvalue weighted by Crippen LogP contribution is -2.79. The van der Waals surface area contributed by atoms with Gasteiger partial charge in [-0.15, -0.1) is 0 Å². The van der Waals surface area contributed by atoms with Crippen LogP contribution in [0.2, 0.25) is 0 Å². The Hall–Kier alpha value is -4.43. The molecule has 13 nitrogen and oxygen atoms in total. The van der Waals surface area contributed by atoms with E-state index in [0.29, 0.717) is 59.0 Å². The van der Waals surface area contributed by atoms with E-state index < -0.39 is 0 Å². The van der Waals surface area contributed by atoms with Gasteiger partial charge in [0.1, 0.15) is 17.5 Å². The minimum Gasteiger partial charge on any atom is -0.365 e. The van der Waals surface area contributed by atoms with Crippen LogP contribution >= 0.6 is 11.3 Å². The number of piperidine rings is 1. The van der Waals surface area contributed by atoms with Crippen molar-refractivity contribution in [1.82, 2.24) is 30.1 Å². The SMILES string of the molecule is Cc1nc(Nc2ncc(C=O)s2)cc(N2CC3[C@@H]2CN3CCCC(=O)N2CC3CC2CN3c2ccc(C3CCC(=O)NC3=O)cc2)n1. The van der Waals surface area contributed by atoms with Gasteiger partial charge in [0.25, 0.3) is 0 Å². The molecule has 5 aliphatic heterocycles. The van der Waals surface area contributed by atoms with Crippen molar-refractivity contribution < 1.29 is 19.2 Å². The molecule has 244 valence electrons. The van der Waals surface area contributed by atoms with Gasteiger partial charge in [0, 0.05) is 62.9 Å². The normalized spacial score (nSPS) is 26.5. The van der Waals surface area contributed by atoms with Crippen molar-refractivity contribution in [3.8, 4) is 0 Å². The van der Waals surface area contributed by atoms with Crippen LogP contribution in [0.1, 0.15) is 59.1 Å². The number of thiazole rings is 1. The first-order valence-corrected chi connectivity index (χ1v) is 17.2. The molecule has 14 heteroatoms. The number of aryl methyl sites for hydroxylation is 1. The third-order valence-corrected chi connectivity index (χ3v) is 11.2. The van der Waals surface area contributed by atoms with Crippen LogP contribution in [-0.2, 0) is 14.4 Å². The molecule has 4 unspecified atom stereocenters. The summed E-state index contributed by atoms with van der Waals surface area (Å²) in [7, 11) is 0. The number of amides is 3. The second-order valence-corrected chi connectivity index (χ2v) is 14.3. The summed E-state index contributed by atoms with van der Waals surface area (Å²) < 4.78 is 0. The van der Waals surface area contributed by atoms with E-state index in [1.807, 2.05) is 25.1 Å². The van der Waals surface area contributed by atoms with E-state index in [1.54, 1.807) is 6.20 Å². The van der Waals surface area contributed by atoms with Crippen LogP contribution < -0.4 is 20.4 Å². The number of hydrogen-bond acceptors (Lipinski definition) is 12. The summed E-state index contributed by atoms with van der Waals surface area (Å²) in [5.74, 6) is 1.81. The van der Waals surface area contributed by atoms with E-state index in [1.165, 1.54) is 11.3 Å². The van der Waals surface area contributed by atoms with Crippen molar-refractivity contribution in [2.75, 3.05) is 47.8 Å². The maximum Gasteiger partial charge on any atom is 0.234 e. The summed E-state index contributed by atoms with van der Waals surface area (Å²) >= 11 is 1.29. The smallest absolute Gasteiger partial charge is 0.234 e. The Morgan fingerprint density at radius 3 is 2.62 bits per heavy atom. The predicted octanol–water partition coefficient (Wildman–Crippen LogP) is 2.46. The van der Waals surface area contributed by atoms with E-state index in [4.69, 9.17) is 0 Å². The number of aldehydes is 1. The van der Waals surface area contributed by atoms with Crippen LogP contribution in [0.4, 0.5) is 22.5 Å². The fraction of sp³-hybridized carbons (Fsp3) is 0.485. The highest BCUT2D eigenvalue weighted by atomic mass is 32.1. The lowest BCUT2D eigenvalue weighted by molar-refractivity contribution is -0.134. The summed E-state index contributed by atoms with van der Waals surface area (Å²) in [6.45, 7) is 6.27. The lowest BCUT2D eigenvalue weighted by atomic mass is 9.85. The summed E-state index contributed by atoms with van der Waals surface area (Å²) in [6.07, 6.45) is 5.69. The zero-order valence-corrected chi connectivity index (χ0v) is 27.0. The first-order valence-electron chi connectivity index (χ1n) is 16.4. The van der Waals surface area contributed by atoms with E-state index in [-0.39, 0.29) is 29.7 Å². The number of imide groups is 1. The van der Waals surface area contributed by atoms with E-state index in [0.717, 1.165) is 68.9 Å². The third kappa shape index (κ3) is 5.63. The molecule has 2 bridgehead atoms. The van der Waals surface area contributed by atoms with Crippen LogP contribution in [-0.4, -0.2) is 106 Å². The molecule has 5 aliphatic rings. The molecule has 3 aromatic rings. The average Bonchev–Trinajstić information content (AvgIpc) is 3.79. The largest absolute Gasteiger partial charge is 0.365 e. The average molecular weight is 656 g/mol. The van der Waals surface area contributed by atoms with Gasteiger partial charge in [-0.3, -0.25) is 29.4 Å². The molecule has 1 aromatic carbocycles. The van der Waals surface area contributed by atoms with Crippen molar-refractivity contribution in [2.45, 2.75) is 69.1 Å². The molecular weight excluding hydrogens is 618 g/mol. The standard InChI is InChI=1S/C33H37N9O4S/c1-19-35-28(37-33-34-13-24(18-43)47-33)12-29(36-19)42-17-26-27(42)16-39(26)10-2-3-31(45)41-15-22-11-23(41)14-40(22)21-6-4-20(5-7-21)25-8-9-30(44)38-32(25)46/h4-7,12-13,18,22-23,25-27H,2-3,8-11,14-17H2,1H3,(H,38,44,46)(H,34,35,36,37)/t22?,23?,25?,26?,27-/m0/s1. The number of benzene rings is 1. The van der Waals surface area contributed by atoms with Gasteiger partial charge in [0.15, 0.2) is 11.4 Å². The number of rotatable bonds is 10. The van der Waals surface area contributed by atoms with Crippen molar-refractivity contribution in [3.63, 3.8) is 0 Å². The fourth-order valence-corrected chi connectivity index (χ4v) is 8.55. The van der Waals surface area contributed by atoms with Gasteiger partial charge in [-0.1, -0.05) is 23.5 Å². The van der Waals surface area contributed by atoms with Crippen molar-refractivity contribution in [3.05, 3.63) is 52.8 Å². The highest BCUT2D eigenvalue weighted by molar-refractivity contribution is 7.17. The van der Waals surface area contributed by atoms with E-state index >= 15 is 0 Å². The van der Waals surface area contributed by atoms with Gasteiger partial charge in [-0.25, -0.2) is 15.0 Å². The molecule has 2 aromatic heterocycles.